The van der Waals surface area contributed by atoms with Gasteiger partial charge in [-0.05, 0) is 62.2 Å². The lowest BCUT2D eigenvalue weighted by atomic mass is 10.1. The first-order valence-electron chi connectivity index (χ1n) is 12.6. The Kier molecular flexibility index (Phi) is 10.1. The molecular formula is C29H33ClFN3O4S. The molecule has 7 nitrogen and oxygen atoms in total. The van der Waals surface area contributed by atoms with Gasteiger partial charge in [0.2, 0.25) is 11.8 Å². The smallest absolute Gasteiger partial charge is 0.264 e. The van der Waals surface area contributed by atoms with Crippen molar-refractivity contribution in [3.63, 3.8) is 0 Å². The van der Waals surface area contributed by atoms with E-state index in [2.05, 4.69) is 5.32 Å². The number of benzene rings is 3. The van der Waals surface area contributed by atoms with Crippen molar-refractivity contribution in [3.8, 4) is 0 Å². The molecule has 0 fully saturated rings. The van der Waals surface area contributed by atoms with Crippen LogP contribution in [0.3, 0.4) is 0 Å². The van der Waals surface area contributed by atoms with E-state index in [1.807, 2.05) is 20.8 Å². The highest BCUT2D eigenvalue weighted by atomic mass is 35.5. The summed E-state index contributed by atoms with van der Waals surface area (Å²) in [7, 11) is -4.21. The van der Waals surface area contributed by atoms with Crippen LogP contribution in [0.2, 0.25) is 5.02 Å². The number of sulfonamides is 1. The maximum atomic E-state index is 14.6. The van der Waals surface area contributed by atoms with Crippen molar-refractivity contribution in [1.82, 2.24) is 10.2 Å². The molecule has 0 saturated carbocycles. The number of carbonyl (C=O) groups is 2. The van der Waals surface area contributed by atoms with Crippen molar-refractivity contribution in [2.24, 2.45) is 5.92 Å². The normalized spacial score (nSPS) is 12.2. The van der Waals surface area contributed by atoms with Gasteiger partial charge in [-0.3, -0.25) is 13.9 Å². The minimum atomic E-state index is -4.21. The van der Waals surface area contributed by atoms with Crippen molar-refractivity contribution in [2.75, 3.05) is 17.4 Å². The van der Waals surface area contributed by atoms with Crippen LogP contribution in [-0.4, -0.2) is 44.3 Å². The lowest BCUT2D eigenvalue weighted by molar-refractivity contribution is -0.139. The first-order chi connectivity index (χ1) is 18.4. The number of nitrogens with zero attached hydrogens (tertiary/aromatic N) is 2. The third-order valence-electron chi connectivity index (χ3n) is 6.15. The van der Waals surface area contributed by atoms with E-state index in [0.717, 1.165) is 9.87 Å². The molecule has 10 heteroatoms. The molecule has 0 spiro atoms. The summed E-state index contributed by atoms with van der Waals surface area (Å²) in [5.74, 6) is -1.44. The van der Waals surface area contributed by atoms with Crippen LogP contribution in [-0.2, 0) is 26.2 Å². The summed E-state index contributed by atoms with van der Waals surface area (Å²) in [4.78, 5) is 27.9. The standard InChI is InChI=1S/C29H33ClFN3O4S/c1-20(2)17-32-29(36)22(4)33(18-23-7-5-6-8-27(23)31)28(35)19-34(25-13-9-21(3)10-14-25)39(37,38)26-15-11-24(30)12-16-26/h5-16,20,22H,17-19H2,1-4H3,(H,32,36). The zero-order valence-corrected chi connectivity index (χ0v) is 24.0. The zero-order valence-electron chi connectivity index (χ0n) is 22.4. The molecule has 3 aromatic rings. The quantitative estimate of drug-likeness (QED) is 0.343. The largest absolute Gasteiger partial charge is 0.354 e. The number of amides is 2. The first kappa shape index (κ1) is 30.1. The van der Waals surface area contributed by atoms with Crippen LogP contribution in [0.5, 0.6) is 0 Å². The van der Waals surface area contributed by atoms with Gasteiger partial charge in [0, 0.05) is 23.7 Å². The molecule has 3 aromatic carbocycles. The average Bonchev–Trinajstić information content (AvgIpc) is 2.90. The van der Waals surface area contributed by atoms with Gasteiger partial charge in [0.25, 0.3) is 10.0 Å². The molecular weight excluding hydrogens is 541 g/mol. The SMILES string of the molecule is Cc1ccc(N(CC(=O)N(Cc2ccccc2F)C(C)C(=O)NCC(C)C)S(=O)(=O)c2ccc(Cl)cc2)cc1. The summed E-state index contributed by atoms with van der Waals surface area (Å²) in [5, 5.41) is 3.16. The van der Waals surface area contributed by atoms with Crippen molar-refractivity contribution in [2.45, 2.75) is 45.2 Å². The third-order valence-corrected chi connectivity index (χ3v) is 8.19. The van der Waals surface area contributed by atoms with Crippen molar-refractivity contribution in [1.29, 1.82) is 0 Å². The van der Waals surface area contributed by atoms with Crippen molar-refractivity contribution in [3.05, 3.63) is 94.8 Å². The van der Waals surface area contributed by atoms with E-state index < -0.39 is 40.2 Å². The fourth-order valence-electron chi connectivity index (χ4n) is 3.82. The minimum absolute atomic E-state index is 0.0522. The Balaban J connectivity index is 2.01. The summed E-state index contributed by atoms with van der Waals surface area (Å²) < 4.78 is 43.1. The molecule has 0 radical (unpaired) electrons. The number of rotatable bonds is 11. The number of hydrogen-bond acceptors (Lipinski definition) is 4. The molecule has 3 rings (SSSR count). The van der Waals surface area contributed by atoms with Gasteiger partial charge in [-0.15, -0.1) is 0 Å². The Labute approximate surface area is 234 Å². The monoisotopic (exact) mass is 573 g/mol. The van der Waals surface area contributed by atoms with E-state index in [1.165, 1.54) is 54.3 Å². The van der Waals surface area contributed by atoms with Crippen LogP contribution in [0.1, 0.15) is 31.9 Å². The molecule has 39 heavy (non-hydrogen) atoms. The van der Waals surface area contributed by atoms with Crippen LogP contribution in [0.4, 0.5) is 10.1 Å². The van der Waals surface area contributed by atoms with E-state index in [4.69, 9.17) is 11.6 Å². The highest BCUT2D eigenvalue weighted by Crippen LogP contribution is 2.26. The number of hydrogen-bond donors (Lipinski definition) is 1. The average molecular weight is 574 g/mol. The first-order valence-corrected chi connectivity index (χ1v) is 14.4. The highest BCUT2D eigenvalue weighted by Gasteiger charge is 2.32. The fraction of sp³-hybridized carbons (Fsp3) is 0.310. The lowest BCUT2D eigenvalue weighted by Crippen LogP contribution is -2.51. The molecule has 0 aliphatic heterocycles. The van der Waals surface area contributed by atoms with Gasteiger partial charge < -0.3 is 10.2 Å². The topological polar surface area (TPSA) is 86.8 Å². The summed E-state index contributed by atoms with van der Waals surface area (Å²) in [5.41, 5.74) is 1.38. The van der Waals surface area contributed by atoms with Crippen molar-refractivity contribution < 1.29 is 22.4 Å². The molecule has 0 aliphatic carbocycles. The summed E-state index contributed by atoms with van der Waals surface area (Å²) in [6.07, 6.45) is 0. The van der Waals surface area contributed by atoms with Crippen LogP contribution >= 0.6 is 11.6 Å². The molecule has 1 unspecified atom stereocenters. The molecule has 2 amide bonds. The van der Waals surface area contributed by atoms with Crippen LogP contribution in [0.15, 0.2) is 77.7 Å². The highest BCUT2D eigenvalue weighted by molar-refractivity contribution is 7.92. The predicted octanol–water partition coefficient (Wildman–Crippen LogP) is 5.17. The van der Waals surface area contributed by atoms with Gasteiger partial charge in [0.1, 0.15) is 18.4 Å². The maximum absolute atomic E-state index is 14.6. The second-order valence-electron chi connectivity index (χ2n) is 9.73. The second-order valence-corrected chi connectivity index (χ2v) is 12.0. The molecule has 0 heterocycles. The van der Waals surface area contributed by atoms with E-state index in [0.29, 0.717) is 11.6 Å². The Bertz CT molecular complexity index is 1400. The lowest BCUT2D eigenvalue weighted by Gasteiger charge is -2.32. The second kappa shape index (κ2) is 13.1. The third kappa shape index (κ3) is 7.80. The number of halogens is 2. The Morgan fingerprint density at radius 3 is 2.15 bits per heavy atom. The molecule has 0 saturated heterocycles. The predicted molar refractivity (Wildman–Crippen MR) is 151 cm³/mol. The summed E-state index contributed by atoms with van der Waals surface area (Å²) in [6.45, 7) is 6.85. The molecule has 1 atom stereocenters. The minimum Gasteiger partial charge on any atom is -0.354 e. The molecule has 0 bridgehead atoms. The van der Waals surface area contributed by atoms with Gasteiger partial charge in [-0.25, -0.2) is 12.8 Å². The number of nitrogens with one attached hydrogen (secondary N) is 1. The Morgan fingerprint density at radius 1 is 0.949 bits per heavy atom. The van der Waals surface area contributed by atoms with Gasteiger partial charge >= 0.3 is 0 Å². The van der Waals surface area contributed by atoms with E-state index >= 15 is 0 Å². The van der Waals surface area contributed by atoms with Crippen molar-refractivity contribution >= 4 is 39.1 Å². The summed E-state index contributed by atoms with van der Waals surface area (Å²) >= 11 is 5.96. The van der Waals surface area contributed by atoms with E-state index in [9.17, 15) is 22.4 Å². The molecule has 1 N–H and O–H groups in total. The van der Waals surface area contributed by atoms with E-state index in [-0.39, 0.29) is 28.6 Å². The molecule has 208 valence electrons. The Morgan fingerprint density at radius 2 is 1.56 bits per heavy atom. The van der Waals surface area contributed by atoms with Crippen LogP contribution < -0.4 is 9.62 Å². The number of aryl methyl sites for hydroxylation is 1. The number of anilines is 1. The maximum Gasteiger partial charge on any atom is 0.264 e. The Hall–Kier alpha value is -3.43. The number of carbonyl (C=O) groups excluding carboxylic acids is 2. The van der Waals surface area contributed by atoms with Gasteiger partial charge in [0.05, 0.1) is 10.6 Å². The van der Waals surface area contributed by atoms with Gasteiger partial charge in [0.15, 0.2) is 0 Å². The molecule has 0 aromatic heterocycles. The van der Waals surface area contributed by atoms with Crippen LogP contribution in [0, 0.1) is 18.7 Å². The van der Waals surface area contributed by atoms with Crippen LogP contribution in [0.25, 0.3) is 0 Å². The fourth-order valence-corrected chi connectivity index (χ4v) is 5.36. The van der Waals surface area contributed by atoms with E-state index in [1.54, 1.807) is 30.3 Å². The van der Waals surface area contributed by atoms with Gasteiger partial charge in [-0.2, -0.15) is 0 Å². The van der Waals surface area contributed by atoms with Gasteiger partial charge in [-0.1, -0.05) is 61.3 Å². The molecule has 0 aliphatic rings. The zero-order chi connectivity index (χ0) is 28.7. The summed E-state index contributed by atoms with van der Waals surface area (Å²) in [6, 6.07) is 17.3.